The van der Waals surface area contributed by atoms with Gasteiger partial charge in [-0.05, 0) is 36.2 Å². The Balaban J connectivity index is 1.47. The fraction of sp³-hybridized carbons (Fsp3) is 0.111. The van der Waals surface area contributed by atoms with E-state index in [4.69, 9.17) is 20.8 Å². The number of halogens is 1. The summed E-state index contributed by atoms with van der Waals surface area (Å²) in [5, 5.41) is 9.48. The van der Waals surface area contributed by atoms with Gasteiger partial charge in [0, 0.05) is 17.2 Å². The van der Waals surface area contributed by atoms with Crippen LogP contribution < -0.4 is 5.73 Å². The van der Waals surface area contributed by atoms with Gasteiger partial charge in [-0.2, -0.15) is 14.6 Å². The number of aromatic nitrogens is 6. The van der Waals surface area contributed by atoms with Crippen LogP contribution in [-0.4, -0.2) is 37.8 Å². The molecule has 0 aliphatic carbocycles. The Morgan fingerprint density at radius 2 is 1.90 bits per heavy atom. The van der Waals surface area contributed by atoms with Crippen molar-refractivity contribution < 1.29 is 12.8 Å². The SMILES string of the molecule is Nc1nc2c(cnn2CCc2ccc(S(=O)(=O)Cl)cc2)c2nc(-c3ccco3)nn12. The van der Waals surface area contributed by atoms with Crippen molar-refractivity contribution in [3.63, 3.8) is 0 Å². The van der Waals surface area contributed by atoms with Crippen LogP contribution in [0, 0.1) is 0 Å². The Hall–Kier alpha value is -3.44. The van der Waals surface area contributed by atoms with Crippen molar-refractivity contribution in [2.24, 2.45) is 0 Å². The molecule has 0 saturated carbocycles. The fourth-order valence-electron chi connectivity index (χ4n) is 3.18. The number of hydrogen-bond donors (Lipinski definition) is 1. The van der Waals surface area contributed by atoms with Gasteiger partial charge in [-0.1, -0.05) is 12.1 Å². The second-order valence-corrected chi connectivity index (χ2v) is 9.12. The molecular weight excluding hydrogens is 430 g/mol. The summed E-state index contributed by atoms with van der Waals surface area (Å²) in [6.07, 6.45) is 3.82. The lowest BCUT2D eigenvalue weighted by molar-refractivity contribution is 0.577. The van der Waals surface area contributed by atoms with Gasteiger partial charge < -0.3 is 10.2 Å². The lowest BCUT2D eigenvalue weighted by Gasteiger charge is -2.05. The lowest BCUT2D eigenvalue weighted by Crippen LogP contribution is -2.07. The van der Waals surface area contributed by atoms with E-state index in [0.29, 0.717) is 41.2 Å². The molecule has 0 radical (unpaired) electrons. The smallest absolute Gasteiger partial charge is 0.261 e. The number of aryl methyl sites for hydroxylation is 2. The van der Waals surface area contributed by atoms with Crippen molar-refractivity contribution in [3.05, 3.63) is 54.4 Å². The molecule has 0 bridgehead atoms. The van der Waals surface area contributed by atoms with E-state index in [1.807, 2.05) is 0 Å². The Kier molecular flexibility index (Phi) is 4.22. The molecule has 4 aromatic heterocycles. The zero-order valence-electron chi connectivity index (χ0n) is 15.3. The molecular formula is C18H14ClN7O3S. The van der Waals surface area contributed by atoms with Gasteiger partial charge in [0.2, 0.25) is 11.8 Å². The van der Waals surface area contributed by atoms with E-state index >= 15 is 0 Å². The van der Waals surface area contributed by atoms with E-state index in [1.54, 1.807) is 41.4 Å². The van der Waals surface area contributed by atoms with Gasteiger partial charge in [-0.15, -0.1) is 5.10 Å². The standard InChI is InChI=1S/C18H14ClN7O3S/c19-30(27,28)12-5-3-11(4-6-12)7-8-25-16-13(10-21-25)17-22-15(14-2-1-9-29-14)24-26(17)18(20)23-16/h1-6,9-10H,7-8H2,(H2,20,23). The highest BCUT2D eigenvalue weighted by Gasteiger charge is 2.17. The first kappa shape index (κ1) is 18.6. The summed E-state index contributed by atoms with van der Waals surface area (Å²) in [6.45, 7) is 0.512. The Bertz CT molecular complexity index is 1470. The van der Waals surface area contributed by atoms with E-state index in [-0.39, 0.29) is 10.8 Å². The number of nitrogen functional groups attached to an aromatic ring is 1. The summed E-state index contributed by atoms with van der Waals surface area (Å²) < 4.78 is 31.3. The number of fused-ring (bicyclic) bond motifs is 3. The number of hydrogen-bond acceptors (Lipinski definition) is 8. The van der Waals surface area contributed by atoms with Gasteiger partial charge in [0.15, 0.2) is 17.1 Å². The van der Waals surface area contributed by atoms with Gasteiger partial charge >= 0.3 is 0 Å². The lowest BCUT2D eigenvalue weighted by atomic mass is 10.1. The third-order valence-corrected chi connectivity index (χ3v) is 6.03. The van der Waals surface area contributed by atoms with E-state index in [9.17, 15) is 8.42 Å². The molecule has 0 atom stereocenters. The summed E-state index contributed by atoms with van der Waals surface area (Å²) in [6, 6.07) is 9.91. The maximum Gasteiger partial charge on any atom is 0.261 e. The highest BCUT2D eigenvalue weighted by Crippen LogP contribution is 2.24. The van der Waals surface area contributed by atoms with Gasteiger partial charge in [-0.3, -0.25) is 0 Å². The number of rotatable bonds is 5. The van der Waals surface area contributed by atoms with Gasteiger partial charge in [0.1, 0.15) is 0 Å². The molecule has 12 heteroatoms. The van der Waals surface area contributed by atoms with Crippen LogP contribution in [0.3, 0.4) is 0 Å². The second-order valence-electron chi connectivity index (χ2n) is 6.55. The van der Waals surface area contributed by atoms with E-state index in [2.05, 4.69) is 20.2 Å². The van der Waals surface area contributed by atoms with Crippen molar-refractivity contribution in [2.75, 3.05) is 5.73 Å². The van der Waals surface area contributed by atoms with Crippen LogP contribution in [0.25, 0.3) is 28.3 Å². The summed E-state index contributed by atoms with van der Waals surface area (Å²) >= 11 is 0. The normalized spacial score (nSPS) is 12.2. The van der Waals surface area contributed by atoms with Crippen molar-refractivity contribution in [3.8, 4) is 11.6 Å². The third-order valence-electron chi connectivity index (χ3n) is 4.66. The van der Waals surface area contributed by atoms with Crippen LogP contribution in [0.5, 0.6) is 0 Å². The average Bonchev–Trinajstić information content (AvgIpc) is 3.45. The molecule has 2 N–H and O–H groups in total. The molecule has 30 heavy (non-hydrogen) atoms. The largest absolute Gasteiger partial charge is 0.461 e. The van der Waals surface area contributed by atoms with Gasteiger partial charge in [0.05, 0.1) is 22.7 Å². The van der Waals surface area contributed by atoms with E-state index in [1.165, 1.54) is 16.6 Å². The molecule has 10 nitrogen and oxygen atoms in total. The third kappa shape index (κ3) is 3.17. The Labute approximate surface area is 174 Å². The number of anilines is 1. The number of nitrogens with zero attached hydrogens (tertiary/aromatic N) is 6. The molecule has 4 heterocycles. The average molecular weight is 444 g/mol. The molecule has 152 valence electrons. The predicted octanol–water partition coefficient (Wildman–Crippen LogP) is 2.49. The van der Waals surface area contributed by atoms with E-state index < -0.39 is 9.05 Å². The van der Waals surface area contributed by atoms with Crippen LogP contribution in [0.2, 0.25) is 0 Å². The molecule has 0 amide bonds. The first-order valence-electron chi connectivity index (χ1n) is 8.85. The van der Waals surface area contributed by atoms with Crippen molar-refractivity contribution >= 4 is 42.4 Å². The Morgan fingerprint density at radius 3 is 2.60 bits per heavy atom. The topological polar surface area (TPSA) is 134 Å². The Morgan fingerprint density at radius 1 is 1.10 bits per heavy atom. The van der Waals surface area contributed by atoms with E-state index in [0.717, 1.165) is 5.56 Å². The van der Waals surface area contributed by atoms with Crippen molar-refractivity contribution in [1.82, 2.24) is 29.4 Å². The molecule has 5 aromatic rings. The first-order chi connectivity index (χ1) is 14.4. The second kappa shape index (κ2) is 6.82. The molecule has 1 aromatic carbocycles. The minimum atomic E-state index is -3.74. The molecule has 0 unspecified atom stereocenters. The van der Waals surface area contributed by atoms with Crippen molar-refractivity contribution in [2.45, 2.75) is 17.9 Å². The van der Waals surface area contributed by atoms with Crippen LogP contribution >= 0.6 is 10.7 Å². The maximum absolute atomic E-state index is 11.4. The summed E-state index contributed by atoms with van der Waals surface area (Å²) in [4.78, 5) is 9.02. The molecule has 0 fully saturated rings. The summed E-state index contributed by atoms with van der Waals surface area (Å²) in [5.74, 6) is 1.12. The van der Waals surface area contributed by atoms with Crippen LogP contribution in [0.1, 0.15) is 5.56 Å². The van der Waals surface area contributed by atoms with Crippen molar-refractivity contribution in [1.29, 1.82) is 0 Å². The summed E-state index contributed by atoms with van der Waals surface area (Å²) in [5.41, 5.74) is 8.14. The molecule has 0 saturated heterocycles. The van der Waals surface area contributed by atoms with Crippen LogP contribution in [-0.2, 0) is 22.0 Å². The molecule has 0 aliphatic heterocycles. The highest BCUT2D eigenvalue weighted by atomic mass is 35.7. The van der Waals surface area contributed by atoms with Crippen LogP contribution in [0.15, 0.2) is 58.2 Å². The minimum absolute atomic E-state index is 0.0634. The number of furan rings is 1. The molecule has 0 spiro atoms. The van der Waals surface area contributed by atoms with Gasteiger partial charge in [0.25, 0.3) is 9.05 Å². The monoisotopic (exact) mass is 443 g/mol. The molecule has 5 rings (SSSR count). The molecule has 0 aliphatic rings. The number of benzene rings is 1. The zero-order valence-corrected chi connectivity index (χ0v) is 16.9. The maximum atomic E-state index is 11.4. The number of nitrogens with two attached hydrogens (primary N) is 1. The fourth-order valence-corrected chi connectivity index (χ4v) is 3.95. The quantitative estimate of drug-likeness (QED) is 0.409. The highest BCUT2D eigenvalue weighted by molar-refractivity contribution is 8.13. The predicted molar refractivity (Wildman–Crippen MR) is 109 cm³/mol. The zero-order chi connectivity index (χ0) is 20.9. The first-order valence-corrected chi connectivity index (χ1v) is 11.2. The minimum Gasteiger partial charge on any atom is -0.461 e. The summed E-state index contributed by atoms with van der Waals surface area (Å²) in [7, 11) is 1.61. The van der Waals surface area contributed by atoms with Crippen LogP contribution in [0.4, 0.5) is 5.95 Å². The van der Waals surface area contributed by atoms with Gasteiger partial charge in [-0.25, -0.2) is 18.1 Å².